The predicted octanol–water partition coefficient (Wildman–Crippen LogP) is 2.23. The fourth-order valence-corrected chi connectivity index (χ4v) is 1.08. The zero-order valence-electron chi connectivity index (χ0n) is 13.8. The summed E-state index contributed by atoms with van der Waals surface area (Å²) in [5.74, 6) is -1.11. The molecule has 0 bridgehead atoms. The molecule has 0 aliphatic rings. The molecule has 0 unspecified atom stereocenters. The molecule has 0 aromatic rings. The van der Waals surface area contributed by atoms with Crippen LogP contribution in [0.25, 0.3) is 0 Å². The molecule has 21 heavy (non-hydrogen) atoms. The van der Waals surface area contributed by atoms with E-state index in [0.29, 0.717) is 13.0 Å². The SMILES string of the molecule is CC(=O)CC(=O)OC(C)(C)C.CCOC(=O)CC(=O)CC. The summed E-state index contributed by atoms with van der Waals surface area (Å²) in [6, 6.07) is 0. The van der Waals surface area contributed by atoms with Gasteiger partial charge in [-0.05, 0) is 34.6 Å². The fourth-order valence-electron chi connectivity index (χ4n) is 1.08. The molecule has 0 heterocycles. The van der Waals surface area contributed by atoms with Crippen LogP contribution in [0, 0.1) is 0 Å². The van der Waals surface area contributed by atoms with Crippen LogP contribution in [0.4, 0.5) is 0 Å². The highest BCUT2D eigenvalue weighted by Crippen LogP contribution is 2.07. The van der Waals surface area contributed by atoms with Gasteiger partial charge in [-0.1, -0.05) is 6.92 Å². The number of hydrogen-bond donors (Lipinski definition) is 0. The van der Waals surface area contributed by atoms with Crippen LogP contribution in [-0.4, -0.2) is 35.7 Å². The molecule has 0 saturated carbocycles. The van der Waals surface area contributed by atoms with Crippen molar-refractivity contribution in [3.8, 4) is 0 Å². The Hall–Kier alpha value is -1.72. The average molecular weight is 302 g/mol. The zero-order chi connectivity index (χ0) is 17.1. The zero-order valence-corrected chi connectivity index (χ0v) is 13.8. The summed E-state index contributed by atoms with van der Waals surface area (Å²) in [5.41, 5.74) is -0.494. The summed E-state index contributed by atoms with van der Waals surface area (Å²) in [6.45, 7) is 10.5. The topological polar surface area (TPSA) is 86.7 Å². The lowest BCUT2D eigenvalue weighted by Gasteiger charge is -2.18. The lowest BCUT2D eigenvalue weighted by molar-refractivity contribution is -0.156. The van der Waals surface area contributed by atoms with E-state index in [2.05, 4.69) is 4.74 Å². The van der Waals surface area contributed by atoms with Crippen LogP contribution in [0.5, 0.6) is 0 Å². The minimum absolute atomic E-state index is 0.0709. The molecular formula is C15H26O6. The molecule has 0 aromatic carbocycles. The first-order valence-corrected chi connectivity index (χ1v) is 6.90. The third-order valence-corrected chi connectivity index (χ3v) is 1.85. The molecule has 0 aromatic heterocycles. The van der Waals surface area contributed by atoms with Gasteiger partial charge in [-0.25, -0.2) is 0 Å². The minimum Gasteiger partial charge on any atom is -0.466 e. The fraction of sp³-hybridized carbons (Fsp3) is 0.733. The second-order valence-electron chi connectivity index (χ2n) is 5.34. The number of carbonyl (C=O) groups excluding carboxylic acids is 4. The van der Waals surface area contributed by atoms with Crippen molar-refractivity contribution < 1.29 is 28.7 Å². The Kier molecular flexibility index (Phi) is 11.3. The monoisotopic (exact) mass is 302 g/mol. The van der Waals surface area contributed by atoms with E-state index in [0.717, 1.165) is 0 Å². The Morgan fingerprint density at radius 1 is 0.905 bits per heavy atom. The second kappa shape index (κ2) is 11.0. The molecule has 0 amide bonds. The van der Waals surface area contributed by atoms with E-state index in [4.69, 9.17) is 4.74 Å². The number of ether oxygens (including phenoxy) is 2. The van der Waals surface area contributed by atoms with E-state index >= 15 is 0 Å². The molecule has 6 heteroatoms. The van der Waals surface area contributed by atoms with Gasteiger partial charge in [0.1, 0.15) is 30.0 Å². The smallest absolute Gasteiger partial charge is 0.313 e. The first kappa shape index (κ1) is 21.6. The van der Waals surface area contributed by atoms with E-state index in [1.165, 1.54) is 6.92 Å². The van der Waals surface area contributed by atoms with E-state index in [9.17, 15) is 19.2 Å². The third kappa shape index (κ3) is 18.3. The third-order valence-electron chi connectivity index (χ3n) is 1.85. The highest BCUT2D eigenvalue weighted by atomic mass is 16.6. The van der Waals surface area contributed by atoms with Crippen molar-refractivity contribution in [2.24, 2.45) is 0 Å². The molecule has 122 valence electrons. The van der Waals surface area contributed by atoms with Gasteiger partial charge in [-0.3, -0.25) is 19.2 Å². The number of esters is 2. The molecule has 0 atom stereocenters. The van der Waals surface area contributed by atoms with E-state index in [1.54, 1.807) is 34.6 Å². The van der Waals surface area contributed by atoms with Crippen LogP contribution < -0.4 is 0 Å². The Balaban J connectivity index is 0. The number of carbonyl (C=O) groups is 4. The molecule has 0 aliphatic carbocycles. The first-order chi connectivity index (χ1) is 9.51. The molecule has 0 spiro atoms. The minimum atomic E-state index is -0.494. The van der Waals surface area contributed by atoms with E-state index in [-0.39, 0.29) is 24.4 Å². The summed E-state index contributed by atoms with van der Waals surface area (Å²) in [6.07, 6.45) is 0.195. The van der Waals surface area contributed by atoms with Crippen LogP contribution >= 0.6 is 0 Å². The van der Waals surface area contributed by atoms with Gasteiger partial charge in [-0.15, -0.1) is 0 Å². The lowest BCUT2D eigenvalue weighted by atomic mass is 10.2. The largest absolute Gasteiger partial charge is 0.466 e. The van der Waals surface area contributed by atoms with Gasteiger partial charge in [0.15, 0.2) is 0 Å². The van der Waals surface area contributed by atoms with Gasteiger partial charge in [0.25, 0.3) is 0 Å². The van der Waals surface area contributed by atoms with Crippen molar-refractivity contribution in [1.29, 1.82) is 0 Å². The standard InChI is InChI=1S/C8H14O3.C7H12O3/c1-6(9)5-7(10)11-8(2,3)4;1-3-6(8)5-7(9)10-4-2/h5H2,1-4H3;3-5H2,1-2H3. The summed E-state index contributed by atoms with van der Waals surface area (Å²) in [7, 11) is 0. The van der Waals surface area contributed by atoms with Crippen LogP contribution in [0.15, 0.2) is 0 Å². The quantitative estimate of drug-likeness (QED) is 0.552. The van der Waals surface area contributed by atoms with Gasteiger partial charge in [-0.2, -0.15) is 0 Å². The van der Waals surface area contributed by atoms with Gasteiger partial charge in [0.2, 0.25) is 0 Å². The summed E-state index contributed by atoms with van der Waals surface area (Å²) in [5, 5.41) is 0. The molecule has 0 saturated heterocycles. The maximum atomic E-state index is 10.8. The summed E-state index contributed by atoms with van der Waals surface area (Å²) in [4.78, 5) is 42.4. The van der Waals surface area contributed by atoms with Gasteiger partial charge >= 0.3 is 11.9 Å². The number of ketones is 2. The maximum absolute atomic E-state index is 10.8. The maximum Gasteiger partial charge on any atom is 0.313 e. The Morgan fingerprint density at radius 2 is 1.43 bits per heavy atom. The Bertz CT molecular complexity index is 365. The highest BCUT2D eigenvalue weighted by molar-refractivity contribution is 5.95. The average Bonchev–Trinajstić information content (AvgIpc) is 2.25. The predicted molar refractivity (Wildman–Crippen MR) is 77.7 cm³/mol. The molecule has 0 radical (unpaired) electrons. The lowest BCUT2D eigenvalue weighted by Crippen LogP contribution is -2.24. The Morgan fingerprint density at radius 3 is 1.76 bits per heavy atom. The number of rotatable bonds is 6. The second-order valence-corrected chi connectivity index (χ2v) is 5.34. The van der Waals surface area contributed by atoms with Crippen LogP contribution in [0.2, 0.25) is 0 Å². The van der Waals surface area contributed by atoms with Gasteiger partial charge in [0.05, 0.1) is 6.61 Å². The van der Waals surface area contributed by atoms with Crippen molar-refractivity contribution in [2.45, 2.75) is 66.4 Å². The molecule has 0 N–H and O–H groups in total. The van der Waals surface area contributed by atoms with Crippen molar-refractivity contribution in [1.82, 2.24) is 0 Å². The van der Waals surface area contributed by atoms with Crippen molar-refractivity contribution in [2.75, 3.05) is 6.61 Å². The molecule has 6 nitrogen and oxygen atoms in total. The van der Waals surface area contributed by atoms with Crippen molar-refractivity contribution >= 4 is 23.5 Å². The summed E-state index contributed by atoms with van der Waals surface area (Å²) >= 11 is 0. The number of Topliss-reactive ketones (excluding diaryl/α,β-unsaturated/α-hetero) is 2. The van der Waals surface area contributed by atoms with Crippen LogP contribution in [0.1, 0.15) is 60.8 Å². The first-order valence-electron chi connectivity index (χ1n) is 6.90. The van der Waals surface area contributed by atoms with Gasteiger partial charge in [0, 0.05) is 6.42 Å². The van der Waals surface area contributed by atoms with E-state index in [1.807, 2.05) is 0 Å². The van der Waals surface area contributed by atoms with Crippen LogP contribution in [-0.2, 0) is 28.7 Å². The molecule has 0 fully saturated rings. The summed E-state index contributed by atoms with van der Waals surface area (Å²) < 4.78 is 9.44. The Labute approximate surface area is 126 Å². The molecular weight excluding hydrogens is 276 g/mol. The molecule has 0 rings (SSSR count). The van der Waals surface area contributed by atoms with Crippen molar-refractivity contribution in [3.05, 3.63) is 0 Å². The van der Waals surface area contributed by atoms with E-state index < -0.39 is 17.5 Å². The highest BCUT2D eigenvalue weighted by Gasteiger charge is 2.16. The van der Waals surface area contributed by atoms with Gasteiger partial charge < -0.3 is 9.47 Å². The molecule has 0 aliphatic heterocycles. The van der Waals surface area contributed by atoms with Crippen molar-refractivity contribution in [3.63, 3.8) is 0 Å². The number of hydrogen-bond acceptors (Lipinski definition) is 6. The normalized spacial score (nSPS) is 10.0. The van der Waals surface area contributed by atoms with Crippen LogP contribution in [0.3, 0.4) is 0 Å².